The average Bonchev–Trinajstić information content (AvgIpc) is 2.87. The van der Waals surface area contributed by atoms with Crippen molar-refractivity contribution < 1.29 is 4.79 Å². The molecule has 2 heterocycles. The molecular weight excluding hydrogens is 330 g/mol. The van der Waals surface area contributed by atoms with Crippen molar-refractivity contribution in [1.82, 2.24) is 14.7 Å². The van der Waals surface area contributed by atoms with Gasteiger partial charge in [0.25, 0.3) is 5.91 Å². The molecule has 0 saturated heterocycles. The van der Waals surface area contributed by atoms with E-state index in [-0.39, 0.29) is 5.91 Å². The average molecular weight is 344 g/mol. The number of carbonyl (C=O) groups excluding carboxylic acids is 1. The van der Waals surface area contributed by atoms with Crippen LogP contribution in [-0.2, 0) is 6.54 Å². The molecular formula is C16H14BrN3O. The number of pyridine rings is 1. The van der Waals surface area contributed by atoms with Gasteiger partial charge in [-0.25, -0.2) is 4.98 Å². The molecule has 0 saturated carbocycles. The van der Waals surface area contributed by atoms with E-state index in [1.54, 1.807) is 12.1 Å². The molecule has 0 fully saturated rings. The van der Waals surface area contributed by atoms with Crippen LogP contribution in [0.15, 0.2) is 53.3 Å². The molecule has 0 unspecified atom stereocenters. The number of aromatic nitrogens is 2. The Morgan fingerprint density at radius 1 is 1.29 bits per heavy atom. The van der Waals surface area contributed by atoms with Gasteiger partial charge in [0.15, 0.2) is 0 Å². The molecule has 3 aromatic rings. The number of hydrogen-bond donors (Lipinski definition) is 1. The van der Waals surface area contributed by atoms with Gasteiger partial charge in [0.05, 0.1) is 12.2 Å². The molecule has 1 amide bonds. The lowest BCUT2D eigenvalue weighted by Crippen LogP contribution is -2.22. The van der Waals surface area contributed by atoms with Crippen LogP contribution in [0.25, 0.3) is 5.65 Å². The van der Waals surface area contributed by atoms with E-state index in [2.05, 4.69) is 26.2 Å². The quantitative estimate of drug-likeness (QED) is 0.792. The fourth-order valence-corrected chi connectivity index (χ4v) is 2.36. The number of benzene rings is 1. The van der Waals surface area contributed by atoms with Gasteiger partial charge in [0.2, 0.25) is 0 Å². The van der Waals surface area contributed by atoms with Crippen LogP contribution in [-0.4, -0.2) is 15.3 Å². The Balaban J connectivity index is 1.71. The van der Waals surface area contributed by atoms with Gasteiger partial charge in [-0.3, -0.25) is 4.79 Å². The lowest BCUT2D eigenvalue weighted by Gasteiger charge is -2.03. The van der Waals surface area contributed by atoms with Crippen LogP contribution in [0, 0.1) is 6.92 Å². The molecule has 5 heteroatoms. The third kappa shape index (κ3) is 3.13. The first kappa shape index (κ1) is 13.8. The first-order chi connectivity index (χ1) is 10.1. The number of amides is 1. The van der Waals surface area contributed by atoms with E-state index in [1.807, 2.05) is 48.0 Å². The molecule has 4 nitrogen and oxygen atoms in total. The van der Waals surface area contributed by atoms with Crippen LogP contribution in [0.4, 0.5) is 0 Å². The predicted octanol–water partition coefficient (Wildman–Crippen LogP) is 3.34. The van der Waals surface area contributed by atoms with Crippen molar-refractivity contribution in [1.29, 1.82) is 0 Å². The van der Waals surface area contributed by atoms with Gasteiger partial charge in [-0.2, -0.15) is 0 Å². The summed E-state index contributed by atoms with van der Waals surface area (Å²) in [7, 11) is 0. The second kappa shape index (κ2) is 5.69. The van der Waals surface area contributed by atoms with E-state index >= 15 is 0 Å². The molecule has 3 rings (SSSR count). The van der Waals surface area contributed by atoms with Gasteiger partial charge < -0.3 is 9.72 Å². The Hall–Kier alpha value is -2.14. The zero-order valence-electron chi connectivity index (χ0n) is 11.5. The number of imidazole rings is 1. The van der Waals surface area contributed by atoms with E-state index in [0.29, 0.717) is 12.1 Å². The van der Waals surface area contributed by atoms with Gasteiger partial charge in [-0.1, -0.05) is 15.9 Å². The lowest BCUT2D eigenvalue weighted by atomic mass is 10.2. The van der Waals surface area contributed by atoms with Gasteiger partial charge in [-0.15, -0.1) is 0 Å². The third-order valence-corrected chi connectivity index (χ3v) is 3.73. The Kier molecular flexibility index (Phi) is 3.75. The van der Waals surface area contributed by atoms with Crippen molar-refractivity contribution in [2.75, 3.05) is 0 Å². The van der Waals surface area contributed by atoms with Crippen molar-refractivity contribution >= 4 is 27.5 Å². The second-order valence-electron chi connectivity index (χ2n) is 4.89. The largest absolute Gasteiger partial charge is 0.346 e. The summed E-state index contributed by atoms with van der Waals surface area (Å²) in [5, 5.41) is 2.88. The third-order valence-electron chi connectivity index (χ3n) is 3.20. The van der Waals surface area contributed by atoms with Crippen molar-refractivity contribution in [3.05, 3.63) is 70.1 Å². The van der Waals surface area contributed by atoms with Crippen LogP contribution < -0.4 is 5.32 Å². The molecule has 0 bridgehead atoms. The van der Waals surface area contributed by atoms with Crippen molar-refractivity contribution in [2.24, 2.45) is 0 Å². The summed E-state index contributed by atoms with van der Waals surface area (Å²) in [5.41, 5.74) is 3.53. The molecule has 0 aliphatic rings. The molecule has 0 radical (unpaired) electrons. The Morgan fingerprint density at radius 3 is 2.81 bits per heavy atom. The Morgan fingerprint density at radius 2 is 2.05 bits per heavy atom. The fourth-order valence-electron chi connectivity index (χ4n) is 2.10. The minimum absolute atomic E-state index is 0.101. The van der Waals surface area contributed by atoms with Gasteiger partial charge in [-0.05, 0) is 48.9 Å². The zero-order chi connectivity index (χ0) is 14.8. The van der Waals surface area contributed by atoms with Crippen LogP contribution >= 0.6 is 15.9 Å². The highest BCUT2D eigenvalue weighted by Crippen LogP contribution is 2.11. The Labute approximate surface area is 131 Å². The molecule has 0 aliphatic carbocycles. The SMILES string of the molecule is Cc1ccn2cc(CNC(=O)c3ccc(Br)cc3)nc2c1. The number of nitrogens with zero attached hydrogens (tertiary/aromatic N) is 2. The van der Waals surface area contributed by atoms with Crippen molar-refractivity contribution in [2.45, 2.75) is 13.5 Å². The van der Waals surface area contributed by atoms with Crippen molar-refractivity contribution in [3.63, 3.8) is 0 Å². The highest BCUT2D eigenvalue weighted by Gasteiger charge is 2.07. The molecule has 0 atom stereocenters. The fraction of sp³-hybridized carbons (Fsp3) is 0.125. The maximum Gasteiger partial charge on any atom is 0.251 e. The first-order valence-corrected chi connectivity index (χ1v) is 7.39. The normalized spacial score (nSPS) is 10.8. The molecule has 1 N–H and O–H groups in total. The highest BCUT2D eigenvalue weighted by atomic mass is 79.9. The summed E-state index contributed by atoms with van der Waals surface area (Å²) >= 11 is 3.35. The molecule has 0 aliphatic heterocycles. The number of halogens is 1. The predicted molar refractivity (Wildman–Crippen MR) is 85.2 cm³/mol. The van der Waals surface area contributed by atoms with Crippen LogP contribution in [0.1, 0.15) is 21.6 Å². The van der Waals surface area contributed by atoms with Crippen LogP contribution in [0.2, 0.25) is 0 Å². The minimum Gasteiger partial charge on any atom is -0.346 e. The van der Waals surface area contributed by atoms with Gasteiger partial charge in [0, 0.05) is 22.4 Å². The van der Waals surface area contributed by atoms with E-state index in [9.17, 15) is 4.79 Å². The number of aryl methyl sites for hydroxylation is 1. The zero-order valence-corrected chi connectivity index (χ0v) is 13.1. The van der Waals surface area contributed by atoms with E-state index in [4.69, 9.17) is 0 Å². The summed E-state index contributed by atoms with van der Waals surface area (Å²) in [4.78, 5) is 16.5. The smallest absolute Gasteiger partial charge is 0.251 e. The molecule has 106 valence electrons. The number of fused-ring (bicyclic) bond motifs is 1. The van der Waals surface area contributed by atoms with E-state index in [1.165, 1.54) is 5.56 Å². The summed E-state index contributed by atoms with van der Waals surface area (Å²) < 4.78 is 2.91. The standard InChI is InChI=1S/C16H14BrN3O/c1-11-6-7-20-10-14(19-15(20)8-11)9-18-16(21)12-2-4-13(17)5-3-12/h2-8,10H,9H2,1H3,(H,18,21). The topological polar surface area (TPSA) is 46.4 Å². The Bertz CT molecular complexity index is 793. The van der Waals surface area contributed by atoms with Gasteiger partial charge >= 0.3 is 0 Å². The number of rotatable bonds is 3. The van der Waals surface area contributed by atoms with E-state index < -0.39 is 0 Å². The molecule has 21 heavy (non-hydrogen) atoms. The summed E-state index contributed by atoms with van der Waals surface area (Å²) in [6.07, 6.45) is 3.90. The maximum atomic E-state index is 12.0. The monoisotopic (exact) mass is 343 g/mol. The lowest BCUT2D eigenvalue weighted by molar-refractivity contribution is 0.0950. The summed E-state index contributed by atoms with van der Waals surface area (Å²) in [6, 6.07) is 11.3. The number of hydrogen-bond acceptors (Lipinski definition) is 2. The van der Waals surface area contributed by atoms with Crippen LogP contribution in [0.3, 0.4) is 0 Å². The molecule has 2 aromatic heterocycles. The molecule has 0 spiro atoms. The maximum absolute atomic E-state index is 12.0. The van der Waals surface area contributed by atoms with Crippen molar-refractivity contribution in [3.8, 4) is 0 Å². The number of nitrogens with one attached hydrogen (secondary N) is 1. The summed E-state index contributed by atoms with van der Waals surface area (Å²) in [5.74, 6) is -0.101. The molecule has 1 aromatic carbocycles. The summed E-state index contributed by atoms with van der Waals surface area (Å²) in [6.45, 7) is 2.44. The first-order valence-electron chi connectivity index (χ1n) is 6.60. The number of carbonyl (C=O) groups is 1. The van der Waals surface area contributed by atoms with Gasteiger partial charge in [0.1, 0.15) is 5.65 Å². The van der Waals surface area contributed by atoms with Crippen LogP contribution in [0.5, 0.6) is 0 Å². The second-order valence-corrected chi connectivity index (χ2v) is 5.81. The van der Waals surface area contributed by atoms with E-state index in [0.717, 1.165) is 15.8 Å². The highest BCUT2D eigenvalue weighted by molar-refractivity contribution is 9.10. The minimum atomic E-state index is -0.101.